The van der Waals surface area contributed by atoms with Gasteiger partial charge in [0, 0.05) is 18.1 Å². The lowest BCUT2D eigenvalue weighted by Crippen LogP contribution is -2.47. The van der Waals surface area contributed by atoms with E-state index in [1.807, 2.05) is 13.8 Å². The number of amides is 2. The van der Waals surface area contributed by atoms with Gasteiger partial charge in [-0.1, -0.05) is 19.9 Å². The van der Waals surface area contributed by atoms with Crippen LogP contribution in [0.25, 0.3) is 0 Å². The van der Waals surface area contributed by atoms with Crippen molar-refractivity contribution in [2.75, 3.05) is 18.1 Å². The van der Waals surface area contributed by atoms with Gasteiger partial charge in [-0.15, -0.1) is 6.58 Å². The van der Waals surface area contributed by atoms with Gasteiger partial charge in [-0.25, -0.2) is 9.59 Å². The lowest BCUT2D eigenvalue weighted by molar-refractivity contribution is -0.139. The molecule has 0 aliphatic rings. The molecule has 2 amide bonds. The van der Waals surface area contributed by atoms with Crippen molar-refractivity contribution in [1.29, 1.82) is 0 Å². The van der Waals surface area contributed by atoms with E-state index in [9.17, 15) is 9.59 Å². The van der Waals surface area contributed by atoms with E-state index in [0.717, 1.165) is 11.5 Å². The van der Waals surface area contributed by atoms with Crippen LogP contribution in [0.5, 0.6) is 0 Å². The number of aliphatic carboxylic acids is 1. The molecule has 1 atom stereocenters. The highest BCUT2D eigenvalue weighted by Gasteiger charge is 2.20. The van der Waals surface area contributed by atoms with Crippen molar-refractivity contribution in [2.45, 2.75) is 26.3 Å². The number of thioether (sulfide) groups is 1. The molecule has 0 spiro atoms. The van der Waals surface area contributed by atoms with Crippen molar-refractivity contribution in [3.63, 3.8) is 0 Å². The number of hydrogen-bond acceptors (Lipinski definition) is 3. The lowest BCUT2D eigenvalue weighted by Gasteiger charge is -2.16. The Bertz CT molecular complexity index is 282. The minimum Gasteiger partial charge on any atom is -0.480 e. The van der Waals surface area contributed by atoms with Gasteiger partial charge in [-0.2, -0.15) is 11.8 Å². The largest absolute Gasteiger partial charge is 0.480 e. The van der Waals surface area contributed by atoms with Crippen LogP contribution in [0.15, 0.2) is 12.7 Å². The first-order chi connectivity index (χ1) is 8.47. The van der Waals surface area contributed by atoms with Crippen LogP contribution >= 0.6 is 11.8 Å². The maximum Gasteiger partial charge on any atom is 0.326 e. The monoisotopic (exact) mass is 274 g/mol. The SMILES string of the molecule is C=CCSCCNC(=O)N[C@H](CC(C)C)C(=O)O. The summed E-state index contributed by atoms with van der Waals surface area (Å²) in [5.74, 6) is 0.838. The molecule has 0 aromatic carbocycles. The number of carbonyl (C=O) groups is 2. The van der Waals surface area contributed by atoms with Crippen molar-refractivity contribution in [2.24, 2.45) is 5.92 Å². The third kappa shape index (κ3) is 8.92. The normalized spacial score (nSPS) is 11.9. The lowest BCUT2D eigenvalue weighted by atomic mass is 10.0. The Labute approximate surface area is 112 Å². The molecule has 0 unspecified atom stereocenters. The second kappa shape index (κ2) is 9.82. The van der Waals surface area contributed by atoms with Crippen LogP contribution in [-0.4, -0.2) is 41.2 Å². The summed E-state index contributed by atoms with van der Waals surface area (Å²) < 4.78 is 0. The first-order valence-electron chi connectivity index (χ1n) is 5.93. The van der Waals surface area contributed by atoms with Gasteiger partial charge in [0.1, 0.15) is 6.04 Å². The summed E-state index contributed by atoms with van der Waals surface area (Å²) >= 11 is 1.65. The van der Waals surface area contributed by atoms with Crippen LogP contribution in [0.2, 0.25) is 0 Å². The summed E-state index contributed by atoms with van der Waals surface area (Å²) in [5, 5.41) is 14.0. The molecule has 0 aliphatic carbocycles. The van der Waals surface area contributed by atoms with Crippen LogP contribution < -0.4 is 10.6 Å². The predicted molar refractivity (Wildman–Crippen MR) is 74.9 cm³/mol. The second-order valence-corrected chi connectivity index (χ2v) is 5.43. The van der Waals surface area contributed by atoms with Gasteiger partial charge in [-0.05, 0) is 12.3 Å². The Kier molecular flexibility index (Phi) is 9.18. The van der Waals surface area contributed by atoms with Gasteiger partial charge in [0.15, 0.2) is 0 Å². The molecule has 3 N–H and O–H groups in total. The highest BCUT2D eigenvalue weighted by Crippen LogP contribution is 2.04. The van der Waals surface area contributed by atoms with Crippen molar-refractivity contribution in [3.8, 4) is 0 Å². The minimum absolute atomic E-state index is 0.217. The zero-order valence-electron chi connectivity index (χ0n) is 10.9. The average molecular weight is 274 g/mol. The molecular weight excluding hydrogens is 252 g/mol. The number of carboxylic acid groups (broad SMARTS) is 1. The summed E-state index contributed by atoms with van der Waals surface area (Å²) in [4.78, 5) is 22.4. The van der Waals surface area contributed by atoms with E-state index < -0.39 is 18.0 Å². The van der Waals surface area contributed by atoms with Crippen molar-refractivity contribution < 1.29 is 14.7 Å². The molecule has 0 aliphatic heterocycles. The van der Waals surface area contributed by atoms with Crippen molar-refractivity contribution in [1.82, 2.24) is 10.6 Å². The first kappa shape index (κ1) is 16.8. The number of hydrogen-bond donors (Lipinski definition) is 3. The van der Waals surface area contributed by atoms with E-state index in [1.165, 1.54) is 0 Å². The van der Waals surface area contributed by atoms with Crippen molar-refractivity contribution >= 4 is 23.8 Å². The van der Waals surface area contributed by atoms with Crippen LogP contribution in [0.4, 0.5) is 4.79 Å². The Balaban J connectivity index is 3.88. The smallest absolute Gasteiger partial charge is 0.326 e. The fraction of sp³-hybridized carbons (Fsp3) is 0.667. The minimum atomic E-state index is -1.00. The molecule has 104 valence electrons. The molecule has 0 fully saturated rings. The number of urea groups is 1. The van der Waals surface area contributed by atoms with Crippen molar-refractivity contribution in [3.05, 3.63) is 12.7 Å². The van der Waals surface area contributed by atoms with E-state index in [0.29, 0.717) is 13.0 Å². The quantitative estimate of drug-likeness (QED) is 0.442. The zero-order chi connectivity index (χ0) is 14.0. The molecule has 0 bridgehead atoms. The number of carbonyl (C=O) groups excluding carboxylic acids is 1. The third-order valence-corrected chi connectivity index (χ3v) is 3.04. The highest BCUT2D eigenvalue weighted by atomic mass is 32.2. The maximum absolute atomic E-state index is 11.5. The van der Waals surface area contributed by atoms with Crippen LogP contribution in [0, 0.1) is 5.92 Å². The molecule has 5 nitrogen and oxygen atoms in total. The maximum atomic E-state index is 11.5. The fourth-order valence-corrected chi connectivity index (χ4v) is 1.89. The Hall–Kier alpha value is -1.17. The molecule has 6 heteroatoms. The molecule has 0 saturated heterocycles. The molecule has 0 saturated carbocycles. The summed E-state index contributed by atoms with van der Waals surface area (Å²) in [6.07, 6.45) is 2.22. The van der Waals surface area contributed by atoms with E-state index in [1.54, 1.807) is 17.8 Å². The number of rotatable bonds is 9. The predicted octanol–water partition coefficient (Wildman–Crippen LogP) is 1.70. The van der Waals surface area contributed by atoms with E-state index >= 15 is 0 Å². The van der Waals surface area contributed by atoms with Gasteiger partial charge >= 0.3 is 12.0 Å². The standard InChI is InChI=1S/C12H22N2O3S/c1-4-6-18-7-5-13-12(17)14-10(11(15)16)8-9(2)3/h4,9-10H,1,5-8H2,2-3H3,(H,15,16)(H2,13,14,17)/t10-/m1/s1. The first-order valence-corrected chi connectivity index (χ1v) is 7.08. The molecule has 0 radical (unpaired) electrons. The van der Waals surface area contributed by atoms with Crippen LogP contribution in [-0.2, 0) is 4.79 Å². The molecule has 0 rings (SSSR count). The average Bonchev–Trinajstić information content (AvgIpc) is 2.27. The summed E-state index contributed by atoms with van der Waals surface area (Å²) in [7, 11) is 0. The van der Waals surface area contributed by atoms with E-state index in [2.05, 4.69) is 17.2 Å². The van der Waals surface area contributed by atoms with Gasteiger partial charge in [-0.3, -0.25) is 0 Å². The molecule has 0 heterocycles. The van der Waals surface area contributed by atoms with E-state index in [-0.39, 0.29) is 5.92 Å². The second-order valence-electron chi connectivity index (χ2n) is 4.28. The Morgan fingerprint density at radius 3 is 2.61 bits per heavy atom. The number of nitrogens with one attached hydrogen (secondary N) is 2. The van der Waals surface area contributed by atoms with Gasteiger partial charge in [0.25, 0.3) is 0 Å². The summed E-state index contributed by atoms with van der Waals surface area (Å²) in [6.45, 7) is 7.94. The molecule has 18 heavy (non-hydrogen) atoms. The third-order valence-electron chi connectivity index (χ3n) is 2.08. The summed E-state index contributed by atoms with van der Waals surface area (Å²) in [6, 6.07) is -1.26. The van der Waals surface area contributed by atoms with Crippen LogP contribution in [0.3, 0.4) is 0 Å². The fourth-order valence-electron chi connectivity index (χ4n) is 1.31. The zero-order valence-corrected chi connectivity index (χ0v) is 11.8. The van der Waals surface area contributed by atoms with Gasteiger partial charge < -0.3 is 15.7 Å². The highest BCUT2D eigenvalue weighted by molar-refractivity contribution is 7.99. The topological polar surface area (TPSA) is 78.4 Å². The van der Waals surface area contributed by atoms with Gasteiger partial charge in [0.2, 0.25) is 0 Å². The van der Waals surface area contributed by atoms with Gasteiger partial charge in [0.05, 0.1) is 0 Å². The van der Waals surface area contributed by atoms with Crippen LogP contribution in [0.1, 0.15) is 20.3 Å². The molecule has 0 aromatic rings. The molecular formula is C12H22N2O3S. The number of carboxylic acids is 1. The summed E-state index contributed by atoms with van der Waals surface area (Å²) in [5.41, 5.74) is 0. The van der Waals surface area contributed by atoms with E-state index in [4.69, 9.17) is 5.11 Å². The Morgan fingerprint density at radius 2 is 2.11 bits per heavy atom. The Morgan fingerprint density at radius 1 is 1.44 bits per heavy atom. The molecule has 0 aromatic heterocycles.